The molecule has 2 heterocycles. The number of halogens is 1. The van der Waals surface area contributed by atoms with Gasteiger partial charge in [0.2, 0.25) is 0 Å². The van der Waals surface area contributed by atoms with Crippen LogP contribution in [0.1, 0.15) is 49.8 Å². The third-order valence-corrected chi connectivity index (χ3v) is 5.24. The van der Waals surface area contributed by atoms with Gasteiger partial charge in [0.1, 0.15) is 0 Å². The van der Waals surface area contributed by atoms with Crippen molar-refractivity contribution in [3.63, 3.8) is 0 Å². The average Bonchev–Trinajstić information content (AvgIpc) is 3.08. The molecule has 2 N–H and O–H groups in total. The number of nitrogens with zero attached hydrogens (tertiary/aromatic N) is 3. The van der Waals surface area contributed by atoms with E-state index in [0.29, 0.717) is 5.41 Å². The van der Waals surface area contributed by atoms with E-state index in [1.165, 1.54) is 50.6 Å². The van der Waals surface area contributed by atoms with E-state index in [1.54, 1.807) is 0 Å². The second-order valence-electron chi connectivity index (χ2n) is 6.65. The molecule has 0 bridgehead atoms. The van der Waals surface area contributed by atoms with E-state index in [4.69, 9.17) is 0 Å². The standard InChI is InChI=1S/C16H27N5.HI/c1-13-14(11-19-20-13)10-18-15(17-2)21-9-8-16(12-21)6-4-3-5-7-16;/h11H,3-10,12H2,1-2H3,(H,17,18)(H,19,20);1H. The smallest absolute Gasteiger partial charge is 0.193 e. The zero-order valence-corrected chi connectivity index (χ0v) is 16.0. The molecule has 2 aliphatic rings. The van der Waals surface area contributed by atoms with Crippen molar-refractivity contribution in [2.75, 3.05) is 20.1 Å². The van der Waals surface area contributed by atoms with Crippen molar-refractivity contribution in [2.24, 2.45) is 10.4 Å². The summed E-state index contributed by atoms with van der Waals surface area (Å²) in [5.41, 5.74) is 2.91. The summed E-state index contributed by atoms with van der Waals surface area (Å²) in [7, 11) is 1.89. The Morgan fingerprint density at radius 2 is 2.14 bits per heavy atom. The summed E-state index contributed by atoms with van der Waals surface area (Å²) < 4.78 is 0. The first-order valence-corrected chi connectivity index (χ1v) is 8.17. The highest BCUT2D eigenvalue weighted by Gasteiger charge is 2.39. The molecule has 0 amide bonds. The van der Waals surface area contributed by atoms with Crippen LogP contribution in [0.5, 0.6) is 0 Å². The molecule has 22 heavy (non-hydrogen) atoms. The molecule has 1 spiro atoms. The summed E-state index contributed by atoms with van der Waals surface area (Å²) in [6.07, 6.45) is 10.3. The number of aromatic amines is 1. The minimum absolute atomic E-state index is 0. The molecular formula is C16H28IN5. The number of aromatic nitrogens is 2. The van der Waals surface area contributed by atoms with E-state index in [0.717, 1.165) is 24.7 Å². The summed E-state index contributed by atoms with van der Waals surface area (Å²) in [5.74, 6) is 1.04. The molecule has 1 saturated heterocycles. The topological polar surface area (TPSA) is 56.3 Å². The maximum absolute atomic E-state index is 4.48. The van der Waals surface area contributed by atoms with E-state index in [9.17, 15) is 0 Å². The van der Waals surface area contributed by atoms with Crippen molar-refractivity contribution in [2.45, 2.75) is 52.0 Å². The first-order chi connectivity index (χ1) is 10.2. The summed E-state index contributed by atoms with van der Waals surface area (Å²) in [6, 6.07) is 0. The van der Waals surface area contributed by atoms with Crippen LogP contribution in [0.25, 0.3) is 0 Å². The minimum Gasteiger partial charge on any atom is -0.352 e. The summed E-state index contributed by atoms with van der Waals surface area (Å²) >= 11 is 0. The van der Waals surface area contributed by atoms with Gasteiger partial charge in [-0.05, 0) is 31.6 Å². The molecule has 0 radical (unpaired) electrons. The van der Waals surface area contributed by atoms with Crippen molar-refractivity contribution in [1.29, 1.82) is 0 Å². The van der Waals surface area contributed by atoms with Crippen molar-refractivity contribution in [3.8, 4) is 0 Å². The molecule has 6 heteroatoms. The molecule has 5 nitrogen and oxygen atoms in total. The van der Waals surface area contributed by atoms with Gasteiger partial charge in [0.05, 0.1) is 6.20 Å². The van der Waals surface area contributed by atoms with Crippen LogP contribution in [0.3, 0.4) is 0 Å². The predicted molar refractivity (Wildman–Crippen MR) is 101 cm³/mol. The maximum atomic E-state index is 4.48. The van der Waals surface area contributed by atoms with Crippen molar-refractivity contribution in [3.05, 3.63) is 17.5 Å². The van der Waals surface area contributed by atoms with Crippen LogP contribution < -0.4 is 5.32 Å². The SMILES string of the molecule is CN=C(NCc1cn[nH]c1C)N1CCC2(CCCCC2)C1.I. The number of nitrogens with one attached hydrogen (secondary N) is 2. The molecule has 3 rings (SSSR count). The Hall–Kier alpha value is -0.790. The maximum Gasteiger partial charge on any atom is 0.193 e. The average molecular weight is 417 g/mol. The lowest BCUT2D eigenvalue weighted by atomic mass is 9.73. The minimum atomic E-state index is 0. The molecule has 1 saturated carbocycles. The Balaban J connectivity index is 0.00000176. The Kier molecular flexibility index (Phi) is 6.11. The highest BCUT2D eigenvalue weighted by Crippen LogP contribution is 2.43. The monoisotopic (exact) mass is 417 g/mol. The number of hydrogen-bond acceptors (Lipinski definition) is 2. The van der Waals surface area contributed by atoms with Gasteiger partial charge in [-0.15, -0.1) is 24.0 Å². The lowest BCUT2D eigenvalue weighted by molar-refractivity contribution is 0.203. The van der Waals surface area contributed by atoms with Gasteiger partial charge >= 0.3 is 0 Å². The van der Waals surface area contributed by atoms with Gasteiger partial charge in [-0.3, -0.25) is 10.1 Å². The fourth-order valence-corrected chi connectivity index (χ4v) is 3.89. The summed E-state index contributed by atoms with van der Waals surface area (Å²) in [5, 5.41) is 10.5. The van der Waals surface area contributed by atoms with Crippen LogP contribution in [-0.4, -0.2) is 41.2 Å². The van der Waals surface area contributed by atoms with E-state index >= 15 is 0 Å². The van der Waals surface area contributed by atoms with Crippen molar-refractivity contribution in [1.82, 2.24) is 20.4 Å². The zero-order valence-electron chi connectivity index (χ0n) is 13.7. The van der Waals surface area contributed by atoms with Gasteiger partial charge in [-0.2, -0.15) is 5.10 Å². The highest BCUT2D eigenvalue weighted by atomic mass is 127. The third kappa shape index (κ3) is 3.75. The quantitative estimate of drug-likeness (QED) is 0.442. The molecule has 1 aromatic rings. The van der Waals surface area contributed by atoms with Crippen LogP contribution in [0.4, 0.5) is 0 Å². The first kappa shape index (κ1) is 17.6. The van der Waals surface area contributed by atoms with E-state index in [-0.39, 0.29) is 24.0 Å². The van der Waals surface area contributed by atoms with Crippen LogP contribution in [0.15, 0.2) is 11.2 Å². The Morgan fingerprint density at radius 3 is 2.77 bits per heavy atom. The number of guanidine groups is 1. The number of likely N-dealkylation sites (tertiary alicyclic amines) is 1. The first-order valence-electron chi connectivity index (χ1n) is 8.17. The van der Waals surface area contributed by atoms with Gasteiger partial charge < -0.3 is 10.2 Å². The number of aryl methyl sites for hydroxylation is 1. The van der Waals surface area contributed by atoms with Crippen LogP contribution in [0.2, 0.25) is 0 Å². The molecule has 0 unspecified atom stereocenters. The fraction of sp³-hybridized carbons (Fsp3) is 0.750. The molecule has 124 valence electrons. The van der Waals surface area contributed by atoms with Crippen LogP contribution >= 0.6 is 24.0 Å². The van der Waals surface area contributed by atoms with E-state index < -0.39 is 0 Å². The Morgan fingerprint density at radius 1 is 1.36 bits per heavy atom. The number of rotatable bonds is 2. The molecule has 0 atom stereocenters. The van der Waals surface area contributed by atoms with Crippen LogP contribution in [0, 0.1) is 12.3 Å². The van der Waals surface area contributed by atoms with Gasteiger partial charge in [0.15, 0.2) is 5.96 Å². The second kappa shape index (κ2) is 7.66. The van der Waals surface area contributed by atoms with Crippen molar-refractivity contribution >= 4 is 29.9 Å². The molecule has 2 fully saturated rings. The summed E-state index contributed by atoms with van der Waals surface area (Å²) in [6.45, 7) is 5.17. The van der Waals surface area contributed by atoms with Crippen molar-refractivity contribution < 1.29 is 0 Å². The van der Waals surface area contributed by atoms with Gasteiger partial charge in [-0.25, -0.2) is 0 Å². The number of aliphatic imine (C=N–C) groups is 1. The van der Waals surface area contributed by atoms with Crippen LogP contribution in [-0.2, 0) is 6.54 Å². The molecule has 1 aliphatic heterocycles. The fourth-order valence-electron chi connectivity index (χ4n) is 3.89. The molecular weight excluding hydrogens is 389 g/mol. The molecule has 1 aliphatic carbocycles. The van der Waals surface area contributed by atoms with Gasteiger partial charge in [0, 0.05) is 37.9 Å². The number of hydrogen-bond donors (Lipinski definition) is 2. The van der Waals surface area contributed by atoms with Gasteiger partial charge in [-0.1, -0.05) is 19.3 Å². The Labute approximate surface area is 150 Å². The predicted octanol–water partition coefficient (Wildman–Crippen LogP) is 3.07. The number of H-pyrrole nitrogens is 1. The normalized spacial score (nSPS) is 21.0. The van der Waals surface area contributed by atoms with E-state index in [1.807, 2.05) is 13.2 Å². The summed E-state index contributed by atoms with van der Waals surface area (Å²) in [4.78, 5) is 6.92. The molecule has 1 aromatic heterocycles. The second-order valence-corrected chi connectivity index (χ2v) is 6.65. The lowest BCUT2D eigenvalue weighted by Gasteiger charge is -2.33. The molecule has 0 aromatic carbocycles. The van der Waals surface area contributed by atoms with Gasteiger partial charge in [0.25, 0.3) is 0 Å². The third-order valence-electron chi connectivity index (χ3n) is 5.24. The highest BCUT2D eigenvalue weighted by molar-refractivity contribution is 14.0. The lowest BCUT2D eigenvalue weighted by Crippen LogP contribution is -2.41. The van der Waals surface area contributed by atoms with E-state index in [2.05, 4.69) is 32.3 Å². The largest absolute Gasteiger partial charge is 0.352 e. The zero-order chi connectivity index (χ0) is 14.7. The Bertz CT molecular complexity index is 504.